The molecule has 0 atom stereocenters. The summed E-state index contributed by atoms with van der Waals surface area (Å²) in [6.07, 6.45) is 1.59. The lowest BCUT2D eigenvalue weighted by Crippen LogP contribution is -2.29. The second-order valence-corrected chi connectivity index (χ2v) is 5.59. The molecule has 0 aliphatic carbocycles. The summed E-state index contributed by atoms with van der Waals surface area (Å²) in [5.41, 5.74) is 2.35. The fraction of sp³-hybridized carbons (Fsp3) is 0.150. The van der Waals surface area contributed by atoms with Gasteiger partial charge in [-0.2, -0.15) is 0 Å². The van der Waals surface area contributed by atoms with Gasteiger partial charge in [0.15, 0.2) is 0 Å². The minimum Gasteiger partial charge on any atom is -0.465 e. The molecule has 2 amide bonds. The number of carbonyl (C=O) groups is 3. The van der Waals surface area contributed by atoms with Crippen LogP contribution in [0, 0.1) is 6.92 Å². The first-order valence-corrected chi connectivity index (χ1v) is 7.96. The van der Waals surface area contributed by atoms with Gasteiger partial charge in [0.2, 0.25) is 5.91 Å². The van der Waals surface area contributed by atoms with E-state index in [1.807, 2.05) is 31.2 Å². The lowest BCUT2D eigenvalue weighted by atomic mass is 10.1. The van der Waals surface area contributed by atoms with E-state index in [1.54, 1.807) is 30.3 Å². The van der Waals surface area contributed by atoms with Crippen LogP contribution in [0.3, 0.4) is 0 Å². The van der Waals surface area contributed by atoms with Gasteiger partial charge in [0, 0.05) is 6.92 Å². The van der Waals surface area contributed by atoms with Crippen molar-refractivity contribution in [2.45, 2.75) is 13.8 Å². The van der Waals surface area contributed by atoms with Crippen LogP contribution in [0.2, 0.25) is 0 Å². The monoisotopic (exact) mass is 352 g/mol. The molecule has 26 heavy (non-hydrogen) atoms. The predicted molar refractivity (Wildman–Crippen MR) is 99.4 cm³/mol. The van der Waals surface area contributed by atoms with Gasteiger partial charge in [-0.1, -0.05) is 36.4 Å². The molecule has 2 aromatic rings. The summed E-state index contributed by atoms with van der Waals surface area (Å²) in [5.74, 6) is -1.48. The van der Waals surface area contributed by atoms with Gasteiger partial charge >= 0.3 is 5.97 Å². The number of aryl methyl sites for hydroxylation is 1. The molecule has 0 saturated heterocycles. The Kier molecular flexibility index (Phi) is 6.27. The summed E-state index contributed by atoms with van der Waals surface area (Å²) < 4.78 is 4.72. The Labute approximate surface area is 151 Å². The van der Waals surface area contributed by atoms with E-state index >= 15 is 0 Å². The minimum absolute atomic E-state index is 0.0754. The van der Waals surface area contributed by atoms with Gasteiger partial charge < -0.3 is 15.4 Å². The third-order valence-electron chi connectivity index (χ3n) is 3.62. The quantitative estimate of drug-likeness (QED) is 0.640. The Bertz CT molecular complexity index is 872. The summed E-state index contributed by atoms with van der Waals surface area (Å²) in [6, 6.07) is 14.0. The summed E-state index contributed by atoms with van der Waals surface area (Å²) in [5, 5.41) is 5.18. The maximum atomic E-state index is 12.7. The van der Waals surface area contributed by atoms with Crippen LogP contribution in [0.5, 0.6) is 0 Å². The molecule has 0 heterocycles. The molecule has 2 aromatic carbocycles. The zero-order valence-corrected chi connectivity index (χ0v) is 14.8. The van der Waals surface area contributed by atoms with Gasteiger partial charge in [0.05, 0.1) is 18.4 Å². The average Bonchev–Trinajstić information content (AvgIpc) is 2.62. The van der Waals surface area contributed by atoms with Gasteiger partial charge in [-0.3, -0.25) is 9.59 Å². The van der Waals surface area contributed by atoms with E-state index in [4.69, 9.17) is 4.74 Å². The first kappa shape index (κ1) is 18.9. The van der Waals surface area contributed by atoms with Crippen molar-refractivity contribution < 1.29 is 19.1 Å². The first-order valence-electron chi connectivity index (χ1n) is 7.96. The van der Waals surface area contributed by atoms with E-state index in [1.165, 1.54) is 14.0 Å². The van der Waals surface area contributed by atoms with E-state index in [-0.39, 0.29) is 17.2 Å². The zero-order chi connectivity index (χ0) is 19.1. The number of hydrogen-bond donors (Lipinski definition) is 2. The van der Waals surface area contributed by atoms with Crippen LogP contribution in [0.4, 0.5) is 5.69 Å². The van der Waals surface area contributed by atoms with Crippen molar-refractivity contribution in [2.75, 3.05) is 12.4 Å². The number of rotatable bonds is 5. The van der Waals surface area contributed by atoms with Crippen LogP contribution in [0.25, 0.3) is 6.08 Å². The fourth-order valence-electron chi connectivity index (χ4n) is 2.32. The maximum Gasteiger partial charge on any atom is 0.339 e. The molecule has 2 rings (SSSR count). The van der Waals surface area contributed by atoms with Crippen LogP contribution in [0.15, 0.2) is 54.2 Å². The standard InChI is InChI=1S/C20H20N2O4/c1-13-8-4-5-9-15(13)12-18(21-14(2)23)19(24)22-17-11-7-6-10-16(17)20(25)26-3/h4-12H,1-3H3,(H,21,23)(H,22,24)/b18-12-. The van der Waals surface area contributed by atoms with Crippen molar-refractivity contribution in [1.82, 2.24) is 5.32 Å². The molecule has 6 heteroatoms. The molecule has 0 spiro atoms. The number of hydrogen-bond acceptors (Lipinski definition) is 4. The lowest BCUT2D eigenvalue weighted by Gasteiger charge is -2.12. The van der Waals surface area contributed by atoms with Crippen molar-refractivity contribution in [3.63, 3.8) is 0 Å². The Morgan fingerprint density at radius 3 is 2.31 bits per heavy atom. The number of para-hydroxylation sites is 1. The SMILES string of the molecule is COC(=O)c1ccccc1NC(=O)/C(=C/c1ccccc1C)NC(C)=O. The van der Waals surface area contributed by atoms with Crippen LogP contribution in [0.1, 0.15) is 28.4 Å². The van der Waals surface area contributed by atoms with Crippen molar-refractivity contribution in [1.29, 1.82) is 0 Å². The molecular weight excluding hydrogens is 332 g/mol. The van der Waals surface area contributed by atoms with Gasteiger partial charge in [-0.05, 0) is 36.3 Å². The molecule has 0 bridgehead atoms. The topological polar surface area (TPSA) is 84.5 Å². The molecule has 134 valence electrons. The van der Waals surface area contributed by atoms with E-state index in [0.717, 1.165) is 11.1 Å². The molecule has 0 aliphatic heterocycles. The van der Waals surface area contributed by atoms with Crippen molar-refractivity contribution >= 4 is 29.5 Å². The van der Waals surface area contributed by atoms with Crippen LogP contribution in [-0.4, -0.2) is 24.9 Å². The lowest BCUT2D eigenvalue weighted by molar-refractivity contribution is -0.120. The third kappa shape index (κ3) is 4.80. The van der Waals surface area contributed by atoms with Gasteiger partial charge in [-0.15, -0.1) is 0 Å². The van der Waals surface area contributed by atoms with Crippen molar-refractivity contribution in [3.8, 4) is 0 Å². The van der Waals surface area contributed by atoms with Crippen LogP contribution < -0.4 is 10.6 Å². The normalized spacial score (nSPS) is 10.8. The number of amides is 2. The first-order chi connectivity index (χ1) is 12.4. The second-order valence-electron chi connectivity index (χ2n) is 5.59. The molecule has 0 saturated carbocycles. The van der Waals surface area contributed by atoms with Gasteiger partial charge in [-0.25, -0.2) is 4.79 Å². The molecule has 0 radical (unpaired) electrons. The molecular formula is C20H20N2O4. The van der Waals surface area contributed by atoms with E-state index in [9.17, 15) is 14.4 Å². The van der Waals surface area contributed by atoms with E-state index in [0.29, 0.717) is 5.69 Å². The van der Waals surface area contributed by atoms with Crippen LogP contribution >= 0.6 is 0 Å². The summed E-state index contributed by atoms with van der Waals surface area (Å²) in [7, 11) is 1.27. The molecule has 2 N–H and O–H groups in total. The fourth-order valence-corrected chi connectivity index (χ4v) is 2.32. The highest BCUT2D eigenvalue weighted by Crippen LogP contribution is 2.18. The molecule has 0 fully saturated rings. The summed E-state index contributed by atoms with van der Waals surface area (Å²) >= 11 is 0. The smallest absolute Gasteiger partial charge is 0.339 e. The number of anilines is 1. The Morgan fingerprint density at radius 2 is 1.65 bits per heavy atom. The largest absolute Gasteiger partial charge is 0.465 e. The second kappa shape index (κ2) is 8.62. The zero-order valence-electron chi connectivity index (χ0n) is 14.8. The molecule has 0 aromatic heterocycles. The number of benzene rings is 2. The number of ether oxygens (including phenoxy) is 1. The maximum absolute atomic E-state index is 12.7. The Balaban J connectivity index is 2.36. The van der Waals surface area contributed by atoms with Crippen molar-refractivity contribution in [2.24, 2.45) is 0 Å². The van der Waals surface area contributed by atoms with E-state index in [2.05, 4.69) is 10.6 Å². The summed E-state index contributed by atoms with van der Waals surface area (Å²) in [6.45, 7) is 3.23. The highest BCUT2D eigenvalue weighted by atomic mass is 16.5. The number of methoxy groups -OCH3 is 1. The summed E-state index contributed by atoms with van der Waals surface area (Å²) in [4.78, 5) is 36.0. The number of carbonyl (C=O) groups excluding carboxylic acids is 3. The predicted octanol–water partition coefficient (Wildman–Crippen LogP) is 2.90. The van der Waals surface area contributed by atoms with Gasteiger partial charge in [0.1, 0.15) is 5.70 Å². The van der Waals surface area contributed by atoms with Gasteiger partial charge in [0.25, 0.3) is 5.91 Å². The molecule has 0 aliphatic rings. The van der Waals surface area contributed by atoms with Crippen LogP contribution in [-0.2, 0) is 14.3 Å². The highest BCUT2D eigenvalue weighted by Gasteiger charge is 2.17. The van der Waals surface area contributed by atoms with E-state index < -0.39 is 11.9 Å². The Hall–Kier alpha value is -3.41. The average molecular weight is 352 g/mol. The minimum atomic E-state index is -0.565. The number of nitrogens with one attached hydrogen (secondary N) is 2. The number of esters is 1. The molecule has 0 unspecified atom stereocenters. The highest BCUT2D eigenvalue weighted by molar-refractivity contribution is 6.11. The van der Waals surface area contributed by atoms with Crippen molar-refractivity contribution in [3.05, 3.63) is 70.9 Å². The third-order valence-corrected chi connectivity index (χ3v) is 3.62. The molecule has 6 nitrogen and oxygen atoms in total. The Morgan fingerprint density at radius 1 is 1.00 bits per heavy atom.